The largest absolute Gasteiger partial charge is 0.416 e. The highest BCUT2D eigenvalue weighted by molar-refractivity contribution is 6.28. The predicted octanol–water partition coefficient (Wildman–Crippen LogP) is 3.21. The second kappa shape index (κ2) is 3.85. The molecule has 2 aliphatic carbocycles. The van der Waals surface area contributed by atoms with E-state index in [0.29, 0.717) is 5.69 Å². The van der Waals surface area contributed by atoms with E-state index in [4.69, 9.17) is 11.6 Å². The highest BCUT2D eigenvalue weighted by atomic mass is 35.5. The average Bonchev–Trinajstić information content (AvgIpc) is 2.93. The van der Waals surface area contributed by atoms with E-state index in [9.17, 15) is 13.2 Å². The van der Waals surface area contributed by atoms with E-state index in [2.05, 4.69) is 15.3 Å². The molecule has 0 spiro atoms. The summed E-state index contributed by atoms with van der Waals surface area (Å²) in [5.41, 5.74) is -0.276. The summed E-state index contributed by atoms with van der Waals surface area (Å²) in [5.74, 6) is 0.202. The third kappa shape index (κ3) is 2.05. The number of hydrogen-bond donors (Lipinski definition) is 1. The highest BCUT2D eigenvalue weighted by Crippen LogP contribution is 2.43. The molecule has 2 aliphatic rings. The van der Waals surface area contributed by atoms with Crippen LogP contribution in [0.2, 0.25) is 5.28 Å². The number of fused-ring (bicyclic) bond motifs is 1. The first kappa shape index (κ1) is 11.8. The van der Waals surface area contributed by atoms with Gasteiger partial charge in [0, 0.05) is 12.5 Å². The average molecular weight is 276 g/mol. The summed E-state index contributed by atoms with van der Waals surface area (Å²) in [5, 5.41) is 2.96. The second-order valence-corrected chi connectivity index (χ2v) is 4.74. The highest BCUT2D eigenvalue weighted by Gasteiger charge is 2.41. The molecular weight excluding hydrogens is 267 g/mol. The lowest BCUT2D eigenvalue weighted by Crippen LogP contribution is -2.14. The molecule has 1 N–H and O–H groups in total. The van der Waals surface area contributed by atoms with Gasteiger partial charge in [0.1, 0.15) is 5.82 Å². The zero-order valence-corrected chi connectivity index (χ0v) is 9.94. The SMILES string of the molecule is FC(F)(F)C1=CCc2nc(Cl)nc(NC3CC3)c21. The number of aromatic nitrogens is 2. The van der Waals surface area contributed by atoms with Gasteiger partial charge >= 0.3 is 6.18 Å². The third-order valence-electron chi connectivity index (χ3n) is 2.95. The minimum Gasteiger partial charge on any atom is -0.367 e. The van der Waals surface area contributed by atoms with Crippen LogP contribution >= 0.6 is 11.6 Å². The summed E-state index contributed by atoms with van der Waals surface area (Å²) in [7, 11) is 0. The lowest BCUT2D eigenvalue weighted by Gasteiger charge is -2.14. The molecule has 1 aromatic rings. The van der Waals surface area contributed by atoms with E-state index in [1.54, 1.807) is 0 Å². The molecule has 96 valence electrons. The molecule has 1 aromatic heterocycles. The Labute approximate surface area is 106 Å². The van der Waals surface area contributed by atoms with Gasteiger partial charge in [0.15, 0.2) is 0 Å². The maximum absolute atomic E-state index is 12.9. The maximum Gasteiger partial charge on any atom is 0.416 e. The van der Waals surface area contributed by atoms with Crippen molar-refractivity contribution in [3.8, 4) is 0 Å². The van der Waals surface area contributed by atoms with Gasteiger partial charge < -0.3 is 5.32 Å². The number of anilines is 1. The lowest BCUT2D eigenvalue weighted by molar-refractivity contribution is -0.0687. The van der Waals surface area contributed by atoms with Crippen LogP contribution in [0.15, 0.2) is 6.08 Å². The number of nitrogens with one attached hydrogen (secondary N) is 1. The molecule has 0 bridgehead atoms. The van der Waals surface area contributed by atoms with Crippen molar-refractivity contribution >= 4 is 23.0 Å². The van der Waals surface area contributed by atoms with Crippen molar-refractivity contribution in [2.75, 3.05) is 5.32 Å². The molecule has 0 atom stereocenters. The van der Waals surface area contributed by atoms with Gasteiger partial charge in [0.25, 0.3) is 0 Å². The lowest BCUT2D eigenvalue weighted by atomic mass is 10.1. The Morgan fingerprint density at radius 3 is 2.61 bits per heavy atom. The Morgan fingerprint density at radius 1 is 1.28 bits per heavy atom. The topological polar surface area (TPSA) is 37.8 Å². The van der Waals surface area contributed by atoms with Gasteiger partial charge in [-0.05, 0) is 24.4 Å². The molecule has 1 fully saturated rings. The normalized spacial score (nSPS) is 18.6. The fourth-order valence-electron chi connectivity index (χ4n) is 1.99. The van der Waals surface area contributed by atoms with Crippen molar-refractivity contribution < 1.29 is 13.2 Å². The van der Waals surface area contributed by atoms with Gasteiger partial charge in [-0.25, -0.2) is 9.97 Å². The van der Waals surface area contributed by atoms with Crippen LogP contribution in [0.5, 0.6) is 0 Å². The minimum atomic E-state index is -4.39. The summed E-state index contributed by atoms with van der Waals surface area (Å²) in [6.07, 6.45) is -1.22. The molecule has 1 heterocycles. The number of allylic oxidation sites excluding steroid dienone is 2. The molecule has 0 aliphatic heterocycles. The van der Waals surface area contributed by atoms with Gasteiger partial charge in [-0.3, -0.25) is 0 Å². The third-order valence-corrected chi connectivity index (χ3v) is 3.12. The van der Waals surface area contributed by atoms with Gasteiger partial charge in [-0.2, -0.15) is 13.2 Å². The van der Waals surface area contributed by atoms with Gasteiger partial charge in [-0.15, -0.1) is 0 Å². The number of halogens is 4. The number of nitrogens with zero attached hydrogens (tertiary/aromatic N) is 2. The van der Waals surface area contributed by atoms with Crippen molar-refractivity contribution in [2.24, 2.45) is 0 Å². The van der Waals surface area contributed by atoms with Crippen LogP contribution in [-0.4, -0.2) is 22.2 Å². The van der Waals surface area contributed by atoms with Crippen molar-refractivity contribution in [1.82, 2.24) is 9.97 Å². The minimum absolute atomic E-state index is 0.0197. The van der Waals surface area contributed by atoms with Crippen LogP contribution in [0, 0.1) is 0 Å². The standard InChI is InChI=1S/C11H9ClF3N3/c12-10-17-7-4-3-6(11(13,14)15)8(7)9(18-10)16-5-1-2-5/h3,5H,1-2,4H2,(H,16,17,18). The Bertz CT molecular complexity index is 535. The fraction of sp³-hybridized carbons (Fsp3) is 0.455. The Hall–Kier alpha value is -1.30. The quantitative estimate of drug-likeness (QED) is 0.842. The fourth-order valence-corrected chi connectivity index (χ4v) is 2.18. The molecule has 0 unspecified atom stereocenters. The molecule has 0 radical (unpaired) electrons. The summed E-state index contributed by atoms with van der Waals surface area (Å²) >= 11 is 5.73. The van der Waals surface area contributed by atoms with E-state index >= 15 is 0 Å². The number of hydrogen-bond acceptors (Lipinski definition) is 3. The van der Waals surface area contributed by atoms with Crippen LogP contribution < -0.4 is 5.32 Å². The zero-order valence-electron chi connectivity index (χ0n) is 9.18. The van der Waals surface area contributed by atoms with Crippen LogP contribution in [0.25, 0.3) is 5.57 Å². The Kier molecular flexibility index (Phi) is 2.52. The maximum atomic E-state index is 12.9. The van der Waals surface area contributed by atoms with Crippen LogP contribution in [0.3, 0.4) is 0 Å². The van der Waals surface area contributed by atoms with Crippen molar-refractivity contribution in [3.63, 3.8) is 0 Å². The Morgan fingerprint density at radius 2 is 2.00 bits per heavy atom. The first-order valence-corrected chi connectivity index (χ1v) is 5.93. The van der Waals surface area contributed by atoms with E-state index in [1.807, 2.05) is 0 Å². The summed E-state index contributed by atoms with van der Waals surface area (Å²) < 4.78 is 38.7. The molecular formula is C11H9ClF3N3. The molecule has 18 heavy (non-hydrogen) atoms. The van der Waals surface area contributed by atoms with Gasteiger partial charge in [-0.1, -0.05) is 6.08 Å². The van der Waals surface area contributed by atoms with E-state index in [-0.39, 0.29) is 29.1 Å². The monoisotopic (exact) mass is 275 g/mol. The molecule has 0 amide bonds. The first-order chi connectivity index (χ1) is 8.45. The predicted molar refractivity (Wildman–Crippen MR) is 61.4 cm³/mol. The second-order valence-electron chi connectivity index (χ2n) is 4.40. The molecule has 0 saturated heterocycles. The molecule has 3 nitrogen and oxygen atoms in total. The summed E-state index contributed by atoms with van der Waals surface area (Å²) in [6.45, 7) is 0. The molecule has 7 heteroatoms. The van der Waals surface area contributed by atoms with E-state index in [0.717, 1.165) is 18.9 Å². The van der Waals surface area contributed by atoms with E-state index < -0.39 is 11.7 Å². The van der Waals surface area contributed by atoms with Crippen LogP contribution in [0.4, 0.5) is 19.0 Å². The van der Waals surface area contributed by atoms with E-state index in [1.165, 1.54) is 0 Å². The summed E-state index contributed by atoms with van der Waals surface area (Å²) in [6, 6.07) is 0.204. The van der Waals surface area contributed by atoms with Crippen molar-refractivity contribution in [1.29, 1.82) is 0 Å². The zero-order chi connectivity index (χ0) is 12.9. The number of rotatable bonds is 2. The van der Waals surface area contributed by atoms with Crippen molar-refractivity contribution in [2.45, 2.75) is 31.5 Å². The summed E-state index contributed by atoms with van der Waals surface area (Å²) in [4.78, 5) is 7.76. The number of alkyl halides is 3. The molecule has 1 saturated carbocycles. The van der Waals surface area contributed by atoms with Gasteiger partial charge in [0.2, 0.25) is 5.28 Å². The first-order valence-electron chi connectivity index (χ1n) is 5.56. The molecule has 3 rings (SSSR count). The van der Waals surface area contributed by atoms with Gasteiger partial charge in [0.05, 0.1) is 16.8 Å². The Balaban J connectivity index is 2.07. The van der Waals surface area contributed by atoms with Crippen LogP contribution in [-0.2, 0) is 6.42 Å². The molecule has 0 aromatic carbocycles. The van der Waals surface area contributed by atoms with Crippen molar-refractivity contribution in [3.05, 3.63) is 22.6 Å². The smallest absolute Gasteiger partial charge is 0.367 e. The van der Waals surface area contributed by atoms with Crippen LogP contribution in [0.1, 0.15) is 24.1 Å².